The third kappa shape index (κ3) is 1.91. The van der Waals surface area contributed by atoms with Gasteiger partial charge in [0.05, 0.1) is 6.10 Å². The highest BCUT2D eigenvalue weighted by Gasteiger charge is 2.41. The first-order valence-electron chi connectivity index (χ1n) is 5.77. The van der Waals surface area contributed by atoms with Gasteiger partial charge >= 0.3 is 0 Å². The van der Waals surface area contributed by atoms with Gasteiger partial charge in [0, 0.05) is 12.1 Å². The van der Waals surface area contributed by atoms with E-state index < -0.39 is 0 Å². The molecule has 2 fully saturated rings. The summed E-state index contributed by atoms with van der Waals surface area (Å²) in [4.78, 5) is 14.2. The number of anilines is 2. The molecule has 17 heavy (non-hydrogen) atoms. The van der Waals surface area contributed by atoms with Gasteiger partial charge in [0.1, 0.15) is 0 Å². The summed E-state index contributed by atoms with van der Waals surface area (Å²) in [6.45, 7) is 0. The monoisotopic (exact) mass is 255 g/mol. The molecule has 2 aliphatic heterocycles. The standard InChI is InChI=1S/C10H14ClN5O/c11-8-13-9(12)15-10(14-8)16-5-1-2-6(16)4-7(17)3-5/h5-7,17H,1-4H2,(H2,12,13,14,15). The second-order valence-electron chi connectivity index (χ2n) is 4.68. The summed E-state index contributed by atoms with van der Waals surface area (Å²) in [7, 11) is 0. The number of halogens is 1. The van der Waals surface area contributed by atoms with Crippen LogP contribution in [0.4, 0.5) is 11.9 Å². The van der Waals surface area contributed by atoms with Crippen molar-refractivity contribution < 1.29 is 5.11 Å². The summed E-state index contributed by atoms with van der Waals surface area (Å²) < 4.78 is 0. The summed E-state index contributed by atoms with van der Waals surface area (Å²) in [5.74, 6) is 0.687. The summed E-state index contributed by atoms with van der Waals surface area (Å²) in [5, 5.41) is 9.86. The molecule has 2 unspecified atom stereocenters. The van der Waals surface area contributed by atoms with Gasteiger partial charge in [0.2, 0.25) is 17.2 Å². The van der Waals surface area contributed by atoms with Crippen molar-refractivity contribution in [3.63, 3.8) is 0 Å². The van der Waals surface area contributed by atoms with Crippen LogP contribution >= 0.6 is 11.6 Å². The highest BCUT2D eigenvalue weighted by Crippen LogP contribution is 2.38. The molecular weight excluding hydrogens is 242 g/mol. The van der Waals surface area contributed by atoms with E-state index in [1.807, 2.05) is 0 Å². The van der Waals surface area contributed by atoms with Gasteiger partial charge in [-0.2, -0.15) is 15.0 Å². The topological polar surface area (TPSA) is 88.2 Å². The maximum atomic E-state index is 9.73. The van der Waals surface area contributed by atoms with Crippen molar-refractivity contribution in [2.45, 2.75) is 43.9 Å². The number of nitrogens with two attached hydrogens (primary N) is 1. The number of fused-ring (bicyclic) bond motifs is 2. The number of aromatic nitrogens is 3. The van der Waals surface area contributed by atoms with E-state index in [1.165, 1.54) is 0 Å². The maximum Gasteiger partial charge on any atom is 0.231 e. The molecule has 0 aliphatic carbocycles. The third-order valence-electron chi connectivity index (χ3n) is 3.55. The van der Waals surface area contributed by atoms with E-state index in [1.54, 1.807) is 0 Å². The molecular formula is C10H14ClN5O. The lowest BCUT2D eigenvalue weighted by Gasteiger charge is -2.37. The number of nitrogens with zero attached hydrogens (tertiary/aromatic N) is 4. The zero-order valence-electron chi connectivity index (χ0n) is 9.25. The summed E-state index contributed by atoms with van der Waals surface area (Å²) >= 11 is 5.80. The Labute approximate surface area is 104 Å². The van der Waals surface area contributed by atoms with Crippen LogP contribution in [0, 0.1) is 0 Å². The first-order chi connectivity index (χ1) is 8.13. The Morgan fingerprint density at radius 2 is 1.82 bits per heavy atom. The number of hydrogen-bond acceptors (Lipinski definition) is 6. The van der Waals surface area contributed by atoms with Crippen molar-refractivity contribution in [2.24, 2.45) is 0 Å². The van der Waals surface area contributed by atoms with Gasteiger partial charge < -0.3 is 15.7 Å². The number of piperidine rings is 1. The molecule has 2 aliphatic rings. The molecule has 3 rings (SSSR count). The first kappa shape index (κ1) is 11.0. The molecule has 0 amide bonds. The van der Waals surface area contributed by atoms with E-state index in [0.717, 1.165) is 25.7 Å². The van der Waals surface area contributed by atoms with Crippen LogP contribution < -0.4 is 10.6 Å². The Kier molecular flexibility index (Phi) is 2.56. The van der Waals surface area contributed by atoms with Crippen LogP contribution in [-0.2, 0) is 0 Å². The molecule has 0 saturated carbocycles. The Balaban J connectivity index is 1.94. The average molecular weight is 256 g/mol. The van der Waals surface area contributed by atoms with E-state index >= 15 is 0 Å². The lowest BCUT2D eigenvalue weighted by Crippen LogP contribution is -2.45. The van der Waals surface area contributed by atoms with Gasteiger partial charge in [-0.3, -0.25) is 0 Å². The first-order valence-corrected chi connectivity index (χ1v) is 6.14. The van der Waals surface area contributed by atoms with Crippen molar-refractivity contribution in [3.05, 3.63) is 5.28 Å². The van der Waals surface area contributed by atoms with Crippen LogP contribution in [0.1, 0.15) is 25.7 Å². The highest BCUT2D eigenvalue weighted by molar-refractivity contribution is 6.28. The van der Waals surface area contributed by atoms with Crippen LogP contribution in [0.25, 0.3) is 0 Å². The van der Waals surface area contributed by atoms with Crippen LogP contribution in [-0.4, -0.2) is 38.2 Å². The largest absolute Gasteiger partial charge is 0.393 e. The SMILES string of the molecule is Nc1nc(Cl)nc(N2C3CCC2CC(O)C3)n1. The van der Waals surface area contributed by atoms with E-state index in [9.17, 15) is 5.11 Å². The van der Waals surface area contributed by atoms with Crippen molar-refractivity contribution in [1.29, 1.82) is 0 Å². The number of aliphatic hydroxyl groups is 1. The van der Waals surface area contributed by atoms with Gasteiger partial charge in [-0.1, -0.05) is 0 Å². The second-order valence-corrected chi connectivity index (χ2v) is 5.02. The average Bonchev–Trinajstić information content (AvgIpc) is 2.50. The maximum absolute atomic E-state index is 9.73. The van der Waals surface area contributed by atoms with Gasteiger partial charge in [-0.25, -0.2) is 0 Å². The molecule has 92 valence electrons. The van der Waals surface area contributed by atoms with Crippen LogP contribution in [0.5, 0.6) is 0 Å². The Hall–Kier alpha value is -1.14. The number of aliphatic hydroxyl groups excluding tert-OH is 1. The summed E-state index contributed by atoms with van der Waals surface area (Å²) in [6, 6.07) is 0.586. The fourth-order valence-electron chi connectivity index (χ4n) is 2.94. The van der Waals surface area contributed by atoms with E-state index in [2.05, 4.69) is 19.9 Å². The summed E-state index contributed by atoms with van der Waals surface area (Å²) in [6.07, 6.45) is 3.44. The van der Waals surface area contributed by atoms with Gasteiger partial charge in [-0.05, 0) is 37.3 Å². The predicted molar refractivity (Wildman–Crippen MR) is 63.8 cm³/mol. The van der Waals surface area contributed by atoms with Gasteiger partial charge in [0.25, 0.3) is 0 Å². The van der Waals surface area contributed by atoms with Gasteiger partial charge in [0.15, 0.2) is 0 Å². The zero-order valence-corrected chi connectivity index (χ0v) is 10.0. The number of nitrogen functional groups attached to an aromatic ring is 1. The number of hydrogen-bond donors (Lipinski definition) is 2. The lowest BCUT2D eigenvalue weighted by atomic mass is 10.0. The Morgan fingerprint density at radius 1 is 1.18 bits per heavy atom. The normalized spacial score (nSPS) is 31.9. The molecule has 0 spiro atoms. The molecule has 1 aromatic rings. The second kappa shape index (κ2) is 3.96. The molecule has 2 bridgehead atoms. The third-order valence-corrected chi connectivity index (χ3v) is 3.72. The van der Waals surface area contributed by atoms with Crippen molar-refractivity contribution in [2.75, 3.05) is 10.6 Å². The molecule has 6 nitrogen and oxygen atoms in total. The minimum absolute atomic E-state index is 0.123. The van der Waals surface area contributed by atoms with Crippen LogP contribution in [0.3, 0.4) is 0 Å². The van der Waals surface area contributed by atoms with Crippen LogP contribution in [0.2, 0.25) is 5.28 Å². The van der Waals surface area contributed by atoms with Crippen molar-refractivity contribution in [3.8, 4) is 0 Å². The minimum atomic E-state index is -0.210. The van der Waals surface area contributed by atoms with E-state index in [0.29, 0.717) is 18.0 Å². The fraction of sp³-hybridized carbons (Fsp3) is 0.700. The molecule has 1 aromatic heterocycles. The zero-order chi connectivity index (χ0) is 12.0. The molecule has 2 atom stereocenters. The summed E-state index contributed by atoms with van der Waals surface area (Å²) in [5.41, 5.74) is 5.58. The molecule has 0 radical (unpaired) electrons. The van der Waals surface area contributed by atoms with E-state index in [4.69, 9.17) is 17.3 Å². The van der Waals surface area contributed by atoms with Crippen molar-refractivity contribution >= 4 is 23.5 Å². The fourth-order valence-corrected chi connectivity index (χ4v) is 3.11. The smallest absolute Gasteiger partial charge is 0.231 e. The van der Waals surface area contributed by atoms with Crippen LogP contribution in [0.15, 0.2) is 0 Å². The Bertz CT molecular complexity index is 408. The minimum Gasteiger partial charge on any atom is -0.393 e. The van der Waals surface area contributed by atoms with Crippen molar-refractivity contribution in [1.82, 2.24) is 15.0 Å². The Morgan fingerprint density at radius 3 is 2.41 bits per heavy atom. The predicted octanol–water partition coefficient (Wildman–Crippen LogP) is 0.599. The highest BCUT2D eigenvalue weighted by atomic mass is 35.5. The molecule has 3 N–H and O–H groups in total. The molecule has 7 heteroatoms. The lowest BCUT2D eigenvalue weighted by molar-refractivity contribution is 0.125. The quantitative estimate of drug-likeness (QED) is 0.764. The van der Waals surface area contributed by atoms with E-state index in [-0.39, 0.29) is 17.3 Å². The number of rotatable bonds is 1. The molecule has 0 aromatic carbocycles. The van der Waals surface area contributed by atoms with Gasteiger partial charge in [-0.15, -0.1) is 0 Å². The molecule has 3 heterocycles. The molecule has 2 saturated heterocycles.